The highest BCUT2D eigenvalue weighted by atomic mass is 16.5. The van der Waals surface area contributed by atoms with Gasteiger partial charge in [0.1, 0.15) is 6.61 Å². The standard InChI is InChI=1S/C6H12NO2/c1-2-3-7-4-5-9-6-8/h7H,2-5H2,1H3. The van der Waals surface area contributed by atoms with E-state index in [1.165, 1.54) is 6.47 Å². The van der Waals surface area contributed by atoms with Gasteiger partial charge >= 0.3 is 6.47 Å². The minimum Gasteiger partial charge on any atom is -0.456 e. The third kappa shape index (κ3) is 7.43. The topological polar surface area (TPSA) is 38.3 Å². The van der Waals surface area contributed by atoms with Gasteiger partial charge in [0.25, 0.3) is 0 Å². The Hall–Kier alpha value is -0.570. The van der Waals surface area contributed by atoms with Gasteiger partial charge in [-0.05, 0) is 13.0 Å². The van der Waals surface area contributed by atoms with Gasteiger partial charge in [-0.2, -0.15) is 0 Å². The first-order valence-electron chi connectivity index (χ1n) is 3.11. The molecular formula is C6H12NO2. The van der Waals surface area contributed by atoms with Crippen molar-refractivity contribution in [2.45, 2.75) is 13.3 Å². The van der Waals surface area contributed by atoms with E-state index in [2.05, 4.69) is 17.0 Å². The Kier molecular flexibility index (Phi) is 6.96. The first-order chi connectivity index (χ1) is 4.41. The number of rotatable bonds is 6. The van der Waals surface area contributed by atoms with Crippen LogP contribution in [0.5, 0.6) is 0 Å². The molecule has 0 aromatic carbocycles. The molecule has 3 nitrogen and oxygen atoms in total. The molecule has 53 valence electrons. The summed E-state index contributed by atoms with van der Waals surface area (Å²) in [4.78, 5) is 9.46. The lowest BCUT2D eigenvalue weighted by atomic mass is 10.5. The van der Waals surface area contributed by atoms with E-state index in [-0.39, 0.29) is 0 Å². The SMILES string of the molecule is CCCNCCO[C]=O. The maximum Gasteiger partial charge on any atom is 0.417 e. The molecule has 1 N–H and O–H groups in total. The van der Waals surface area contributed by atoms with Gasteiger partial charge in [-0.1, -0.05) is 6.92 Å². The van der Waals surface area contributed by atoms with E-state index >= 15 is 0 Å². The van der Waals surface area contributed by atoms with Gasteiger partial charge in [-0.15, -0.1) is 0 Å². The molecule has 0 fully saturated rings. The predicted octanol–water partition coefficient (Wildman–Crippen LogP) is 0.0698. The Bertz CT molecular complexity index is 66.1. The summed E-state index contributed by atoms with van der Waals surface area (Å²) in [6.07, 6.45) is 1.10. The quantitative estimate of drug-likeness (QED) is 0.517. The summed E-state index contributed by atoms with van der Waals surface area (Å²) in [6, 6.07) is 0. The third-order valence-corrected chi connectivity index (χ3v) is 0.867. The Morgan fingerprint density at radius 3 is 2.89 bits per heavy atom. The van der Waals surface area contributed by atoms with Crippen molar-refractivity contribution in [3.05, 3.63) is 0 Å². The fraction of sp³-hybridized carbons (Fsp3) is 0.833. The van der Waals surface area contributed by atoms with Gasteiger partial charge in [-0.25, -0.2) is 4.79 Å². The molecule has 0 aliphatic heterocycles. The van der Waals surface area contributed by atoms with Crippen molar-refractivity contribution in [2.75, 3.05) is 19.7 Å². The molecule has 0 aliphatic rings. The molecule has 0 rings (SSSR count). The van der Waals surface area contributed by atoms with Gasteiger partial charge in [0, 0.05) is 6.54 Å². The molecule has 0 aromatic heterocycles. The van der Waals surface area contributed by atoms with Crippen molar-refractivity contribution in [2.24, 2.45) is 0 Å². The van der Waals surface area contributed by atoms with Crippen LogP contribution in [0.25, 0.3) is 0 Å². The van der Waals surface area contributed by atoms with Gasteiger partial charge in [0.05, 0.1) is 0 Å². The maximum absolute atomic E-state index is 9.46. The molecule has 0 aliphatic carbocycles. The summed E-state index contributed by atoms with van der Waals surface area (Å²) in [6.45, 7) is 5.56. The molecule has 0 atom stereocenters. The number of hydrogen-bond donors (Lipinski definition) is 1. The minimum atomic E-state index is 0.420. The monoisotopic (exact) mass is 130 g/mol. The van der Waals surface area contributed by atoms with Crippen molar-refractivity contribution in [1.82, 2.24) is 5.32 Å². The van der Waals surface area contributed by atoms with Crippen LogP contribution < -0.4 is 5.32 Å². The second-order valence-electron chi connectivity index (χ2n) is 1.68. The lowest BCUT2D eigenvalue weighted by molar-refractivity contribution is 0.277. The summed E-state index contributed by atoms with van der Waals surface area (Å²) in [5, 5.41) is 3.07. The normalized spacial score (nSPS) is 9.00. The summed E-state index contributed by atoms with van der Waals surface area (Å²) in [5.41, 5.74) is 0. The Labute approximate surface area is 55.4 Å². The molecule has 0 spiro atoms. The Morgan fingerprint density at radius 2 is 2.33 bits per heavy atom. The summed E-state index contributed by atoms with van der Waals surface area (Å²) < 4.78 is 4.31. The molecule has 3 heteroatoms. The predicted molar refractivity (Wildman–Crippen MR) is 34.8 cm³/mol. The van der Waals surface area contributed by atoms with Crippen LogP contribution in [0.4, 0.5) is 0 Å². The van der Waals surface area contributed by atoms with E-state index in [0.29, 0.717) is 6.61 Å². The first kappa shape index (κ1) is 8.43. The number of carbonyl (C=O) groups excluding carboxylic acids is 1. The zero-order chi connectivity index (χ0) is 6.95. The second-order valence-corrected chi connectivity index (χ2v) is 1.68. The summed E-state index contributed by atoms with van der Waals surface area (Å²) in [5.74, 6) is 0. The van der Waals surface area contributed by atoms with Crippen molar-refractivity contribution < 1.29 is 9.53 Å². The van der Waals surface area contributed by atoms with E-state index in [1.54, 1.807) is 0 Å². The van der Waals surface area contributed by atoms with Crippen molar-refractivity contribution in [3.8, 4) is 0 Å². The largest absolute Gasteiger partial charge is 0.456 e. The number of hydrogen-bond acceptors (Lipinski definition) is 3. The summed E-state index contributed by atoms with van der Waals surface area (Å²) >= 11 is 0. The third-order valence-electron chi connectivity index (χ3n) is 0.867. The summed E-state index contributed by atoms with van der Waals surface area (Å²) in [7, 11) is 0. The lowest BCUT2D eigenvalue weighted by Gasteiger charge is -1.98. The maximum atomic E-state index is 9.46. The van der Waals surface area contributed by atoms with Crippen molar-refractivity contribution in [1.29, 1.82) is 0 Å². The lowest BCUT2D eigenvalue weighted by Crippen LogP contribution is -2.19. The van der Waals surface area contributed by atoms with Crippen molar-refractivity contribution in [3.63, 3.8) is 0 Å². The molecule has 9 heavy (non-hydrogen) atoms. The minimum absolute atomic E-state index is 0.420. The van der Waals surface area contributed by atoms with Crippen LogP contribution in [-0.4, -0.2) is 26.2 Å². The van der Waals surface area contributed by atoms with Crippen LogP contribution in [0.15, 0.2) is 0 Å². The zero-order valence-electron chi connectivity index (χ0n) is 5.64. The smallest absolute Gasteiger partial charge is 0.417 e. The number of ether oxygens (including phenoxy) is 1. The highest BCUT2D eigenvalue weighted by Gasteiger charge is 1.83. The molecule has 0 saturated carbocycles. The fourth-order valence-electron chi connectivity index (χ4n) is 0.467. The fourth-order valence-corrected chi connectivity index (χ4v) is 0.467. The van der Waals surface area contributed by atoms with Crippen LogP contribution in [-0.2, 0) is 9.53 Å². The number of nitrogens with one attached hydrogen (secondary N) is 1. The van der Waals surface area contributed by atoms with Crippen LogP contribution in [0.2, 0.25) is 0 Å². The van der Waals surface area contributed by atoms with E-state index < -0.39 is 0 Å². The molecule has 0 heterocycles. The highest BCUT2D eigenvalue weighted by Crippen LogP contribution is 1.69. The highest BCUT2D eigenvalue weighted by molar-refractivity contribution is 5.38. The van der Waals surface area contributed by atoms with Gasteiger partial charge < -0.3 is 10.1 Å². The Morgan fingerprint density at radius 1 is 1.56 bits per heavy atom. The van der Waals surface area contributed by atoms with E-state index in [9.17, 15) is 4.79 Å². The molecular weight excluding hydrogens is 118 g/mol. The van der Waals surface area contributed by atoms with Crippen LogP contribution in [0.3, 0.4) is 0 Å². The van der Waals surface area contributed by atoms with Crippen LogP contribution >= 0.6 is 0 Å². The van der Waals surface area contributed by atoms with Crippen molar-refractivity contribution >= 4 is 6.47 Å². The first-order valence-corrected chi connectivity index (χ1v) is 3.11. The second kappa shape index (κ2) is 7.43. The van der Waals surface area contributed by atoms with Crippen LogP contribution in [0, 0.1) is 0 Å². The van der Waals surface area contributed by atoms with E-state index in [1.807, 2.05) is 0 Å². The van der Waals surface area contributed by atoms with Gasteiger partial charge in [-0.3, -0.25) is 0 Å². The van der Waals surface area contributed by atoms with Gasteiger partial charge in [0.2, 0.25) is 0 Å². The van der Waals surface area contributed by atoms with E-state index in [0.717, 1.165) is 19.5 Å². The zero-order valence-corrected chi connectivity index (χ0v) is 5.64. The van der Waals surface area contributed by atoms with Gasteiger partial charge in [0.15, 0.2) is 0 Å². The molecule has 1 radical (unpaired) electrons. The van der Waals surface area contributed by atoms with Crippen LogP contribution in [0.1, 0.15) is 13.3 Å². The molecule has 0 unspecified atom stereocenters. The Balaban J connectivity index is 2.66. The molecule has 0 amide bonds. The average Bonchev–Trinajstić information content (AvgIpc) is 1.89. The molecule has 0 saturated heterocycles. The average molecular weight is 130 g/mol. The molecule has 0 aromatic rings. The van der Waals surface area contributed by atoms with E-state index in [4.69, 9.17) is 0 Å². The molecule has 0 bridgehead atoms.